The van der Waals surface area contributed by atoms with E-state index < -0.39 is 63.6 Å². The van der Waals surface area contributed by atoms with Crippen molar-refractivity contribution in [2.75, 3.05) is 13.0 Å². The summed E-state index contributed by atoms with van der Waals surface area (Å²) in [5.41, 5.74) is -5.30. The van der Waals surface area contributed by atoms with E-state index in [0.717, 1.165) is 0 Å². The Labute approximate surface area is 215 Å². The van der Waals surface area contributed by atoms with E-state index in [-0.39, 0.29) is 31.0 Å². The molecule has 8 atom stereocenters. The number of halogens is 2. The highest BCUT2D eigenvalue weighted by atomic mass is 35.5. The lowest BCUT2D eigenvalue weighted by atomic mass is 9.44. The molecule has 0 heterocycles. The molecule has 4 aliphatic rings. The average molecular weight is 525 g/mol. The monoisotopic (exact) mass is 524 g/mol. The Morgan fingerprint density at radius 3 is 2.50 bits per heavy atom. The zero-order chi connectivity index (χ0) is 26.7. The molecule has 3 fully saturated rings. The number of alkyl halides is 2. The van der Waals surface area contributed by atoms with Crippen LogP contribution in [0.1, 0.15) is 59.3 Å². The highest BCUT2D eigenvalue weighted by Gasteiger charge is 2.77. The van der Waals surface area contributed by atoms with Crippen LogP contribution in [-0.4, -0.2) is 59.0 Å². The fourth-order valence-corrected chi connectivity index (χ4v) is 8.23. The fourth-order valence-electron chi connectivity index (χ4n) is 8.03. The second-order valence-electron chi connectivity index (χ2n) is 11.2. The number of esters is 2. The van der Waals surface area contributed by atoms with E-state index in [0.29, 0.717) is 24.8 Å². The molecule has 0 aliphatic heterocycles. The Kier molecular flexibility index (Phi) is 6.78. The minimum Gasteiger partial charge on any atom is -0.469 e. The summed E-state index contributed by atoms with van der Waals surface area (Å²) in [6, 6.07) is 0. The maximum Gasteiger partial charge on any atom is 0.307 e. The lowest BCUT2D eigenvalue weighted by molar-refractivity contribution is -0.227. The Morgan fingerprint density at radius 2 is 1.86 bits per heavy atom. The first-order chi connectivity index (χ1) is 16.8. The zero-order valence-electron chi connectivity index (χ0n) is 21.1. The molecule has 4 rings (SSSR count). The third kappa shape index (κ3) is 3.46. The van der Waals surface area contributed by atoms with Crippen LogP contribution in [0.25, 0.3) is 0 Å². The van der Waals surface area contributed by atoms with Crippen LogP contribution in [0.2, 0.25) is 0 Å². The molecular formula is C27H34ClFO7. The second kappa shape index (κ2) is 9.05. The molecular weight excluding hydrogens is 491 g/mol. The van der Waals surface area contributed by atoms with Gasteiger partial charge in [-0.25, -0.2) is 4.39 Å². The molecule has 7 nitrogen and oxygen atoms in total. The number of carbonyl (C=O) groups excluding carboxylic acids is 4. The number of aliphatic hydroxyl groups excluding tert-OH is 1. The predicted molar refractivity (Wildman–Crippen MR) is 129 cm³/mol. The molecule has 0 amide bonds. The Bertz CT molecular complexity index is 1050. The number of hydrogen-bond acceptors (Lipinski definition) is 7. The van der Waals surface area contributed by atoms with Crippen molar-refractivity contribution in [2.24, 2.45) is 28.6 Å². The van der Waals surface area contributed by atoms with Crippen molar-refractivity contribution in [3.8, 4) is 0 Å². The zero-order valence-corrected chi connectivity index (χ0v) is 21.9. The van der Waals surface area contributed by atoms with Gasteiger partial charge in [0.15, 0.2) is 22.8 Å². The van der Waals surface area contributed by atoms with Gasteiger partial charge >= 0.3 is 11.9 Å². The molecule has 0 unspecified atom stereocenters. The van der Waals surface area contributed by atoms with Gasteiger partial charge in [-0.3, -0.25) is 19.2 Å². The first-order valence-corrected chi connectivity index (χ1v) is 13.0. The molecule has 0 radical (unpaired) electrons. The topological polar surface area (TPSA) is 107 Å². The maximum absolute atomic E-state index is 17.3. The van der Waals surface area contributed by atoms with Gasteiger partial charge in [0.05, 0.1) is 31.9 Å². The first-order valence-electron chi connectivity index (χ1n) is 12.5. The van der Waals surface area contributed by atoms with Crippen molar-refractivity contribution < 1.29 is 38.1 Å². The summed E-state index contributed by atoms with van der Waals surface area (Å²) < 4.78 is 27.9. The van der Waals surface area contributed by atoms with Gasteiger partial charge in [0.2, 0.25) is 0 Å². The minimum atomic E-state index is -2.06. The molecule has 0 aromatic rings. The van der Waals surface area contributed by atoms with E-state index in [9.17, 15) is 24.3 Å². The van der Waals surface area contributed by atoms with Crippen molar-refractivity contribution in [2.45, 2.75) is 76.7 Å². The molecule has 36 heavy (non-hydrogen) atoms. The van der Waals surface area contributed by atoms with E-state index in [4.69, 9.17) is 16.3 Å². The van der Waals surface area contributed by atoms with Crippen LogP contribution < -0.4 is 0 Å². The van der Waals surface area contributed by atoms with Gasteiger partial charge in [-0.1, -0.05) is 25.5 Å². The lowest BCUT2D eigenvalue weighted by Crippen LogP contribution is -2.70. The number of hydrogen-bond donors (Lipinski definition) is 1. The number of Topliss-reactive ketones (excluding diaryl/α,β-unsaturated/α-hetero) is 1. The van der Waals surface area contributed by atoms with Crippen molar-refractivity contribution in [1.82, 2.24) is 0 Å². The maximum atomic E-state index is 17.3. The number of fused-ring (bicyclic) bond motifs is 5. The largest absolute Gasteiger partial charge is 0.469 e. The van der Waals surface area contributed by atoms with Crippen LogP contribution in [-0.2, 0) is 28.7 Å². The third-order valence-corrected chi connectivity index (χ3v) is 10.00. The van der Waals surface area contributed by atoms with Gasteiger partial charge in [0.25, 0.3) is 0 Å². The highest BCUT2D eigenvalue weighted by molar-refractivity contribution is 6.29. The average Bonchev–Trinajstić information content (AvgIpc) is 3.05. The van der Waals surface area contributed by atoms with E-state index in [2.05, 4.69) is 4.74 Å². The van der Waals surface area contributed by atoms with Gasteiger partial charge in [-0.2, -0.15) is 0 Å². The number of aliphatic hydroxyl groups is 1. The van der Waals surface area contributed by atoms with Crippen molar-refractivity contribution in [1.29, 1.82) is 0 Å². The number of ketones is 2. The Hall–Kier alpha value is -2.06. The standard InChI is InChI=1S/C27H34ClFO7/c1-15-11-19-18-6-5-16-12-17(30)9-10-24(16,2)26(18,29)20(31)13-25(19,3)27(15,21(32)14-28)36-23(34)8-7-22(33)35-4/h9-10,12,15,18-20,31H,5-8,11,13-14H2,1-4H3/t15-,18-,19-,20-,24-,25-,26-,27-/m0/s1. The molecule has 198 valence electrons. The van der Waals surface area contributed by atoms with Crippen LogP contribution in [0.15, 0.2) is 23.8 Å². The van der Waals surface area contributed by atoms with E-state index in [1.807, 2.05) is 0 Å². The number of carbonyl (C=O) groups is 4. The van der Waals surface area contributed by atoms with Crippen LogP contribution in [0, 0.1) is 28.6 Å². The molecule has 3 saturated carbocycles. The van der Waals surface area contributed by atoms with E-state index >= 15 is 4.39 Å². The number of methoxy groups -OCH3 is 1. The molecule has 4 aliphatic carbocycles. The van der Waals surface area contributed by atoms with Gasteiger partial charge in [0, 0.05) is 22.7 Å². The summed E-state index contributed by atoms with van der Waals surface area (Å²) in [6.45, 7) is 5.31. The van der Waals surface area contributed by atoms with Gasteiger partial charge in [-0.05, 0) is 50.7 Å². The summed E-state index contributed by atoms with van der Waals surface area (Å²) in [4.78, 5) is 49.9. The van der Waals surface area contributed by atoms with Crippen molar-refractivity contribution in [3.05, 3.63) is 23.8 Å². The van der Waals surface area contributed by atoms with Gasteiger partial charge in [-0.15, -0.1) is 11.6 Å². The molecule has 0 aromatic carbocycles. The number of ether oxygens (including phenoxy) is 2. The van der Waals surface area contributed by atoms with E-state index in [1.54, 1.807) is 26.8 Å². The smallest absolute Gasteiger partial charge is 0.307 e. The Balaban J connectivity index is 1.76. The number of allylic oxidation sites excluding steroid dienone is 4. The van der Waals surface area contributed by atoms with Crippen LogP contribution in [0.5, 0.6) is 0 Å². The SMILES string of the molecule is COC(=O)CCC(=O)O[C@]1(C(=O)CCl)[C@@H](C)C[C@H]2[C@@H]3CCC4=CC(=O)C=C[C@]4(C)[C@@]3(F)[C@@H](O)C[C@@]21C. The Morgan fingerprint density at radius 1 is 1.19 bits per heavy atom. The third-order valence-electron chi connectivity index (χ3n) is 9.75. The molecule has 0 spiro atoms. The lowest BCUT2D eigenvalue weighted by Gasteiger charge is -2.62. The molecule has 1 N–H and O–H groups in total. The summed E-state index contributed by atoms with van der Waals surface area (Å²) in [5, 5.41) is 11.5. The van der Waals surface area contributed by atoms with Gasteiger partial charge in [0.1, 0.15) is 0 Å². The second-order valence-corrected chi connectivity index (χ2v) is 11.5. The summed E-state index contributed by atoms with van der Waals surface area (Å²) in [6.07, 6.45) is 3.62. The quantitative estimate of drug-likeness (QED) is 0.417. The van der Waals surface area contributed by atoms with E-state index in [1.165, 1.54) is 19.3 Å². The summed E-state index contributed by atoms with van der Waals surface area (Å²) >= 11 is 6.04. The van der Waals surface area contributed by atoms with Crippen LogP contribution in [0.4, 0.5) is 4.39 Å². The highest BCUT2D eigenvalue weighted by Crippen LogP contribution is 2.71. The molecule has 0 saturated heterocycles. The van der Waals surface area contributed by atoms with Gasteiger partial charge < -0.3 is 14.6 Å². The fraction of sp³-hybridized carbons (Fsp3) is 0.704. The molecule has 0 bridgehead atoms. The summed E-state index contributed by atoms with van der Waals surface area (Å²) in [5.74, 6) is -3.91. The predicted octanol–water partition coefficient (Wildman–Crippen LogP) is 3.65. The van der Waals surface area contributed by atoms with Crippen molar-refractivity contribution in [3.63, 3.8) is 0 Å². The molecule has 0 aromatic heterocycles. The molecule has 9 heteroatoms. The normalized spacial score (nSPS) is 43.1. The minimum absolute atomic E-state index is 0.118. The summed E-state index contributed by atoms with van der Waals surface area (Å²) in [7, 11) is 1.21. The number of rotatable bonds is 6. The van der Waals surface area contributed by atoms with Crippen LogP contribution in [0.3, 0.4) is 0 Å². The van der Waals surface area contributed by atoms with Crippen LogP contribution >= 0.6 is 11.6 Å². The first kappa shape index (κ1) is 27.0. The van der Waals surface area contributed by atoms with Crippen molar-refractivity contribution >= 4 is 35.1 Å².